The first-order chi connectivity index (χ1) is 12.0. The number of methoxy groups -OCH3 is 2. The molecular weight excluding hydrogens is 328 g/mol. The largest absolute Gasteiger partial charge is 0.493 e. The van der Waals surface area contributed by atoms with Gasteiger partial charge in [-0.1, -0.05) is 6.42 Å². The number of carbonyl (C=O) groups is 3. The second-order valence-electron chi connectivity index (χ2n) is 5.80. The van der Waals surface area contributed by atoms with Crippen LogP contribution in [0.2, 0.25) is 0 Å². The average molecular weight is 350 g/mol. The van der Waals surface area contributed by atoms with Crippen LogP contribution in [0.4, 0.5) is 0 Å². The van der Waals surface area contributed by atoms with Gasteiger partial charge in [0.05, 0.1) is 26.7 Å². The summed E-state index contributed by atoms with van der Waals surface area (Å²) in [5.74, 6) is -1.40. The highest BCUT2D eigenvalue weighted by atomic mass is 16.5. The number of carboxylic acid groups (broad SMARTS) is 1. The first-order valence-corrected chi connectivity index (χ1v) is 7.98. The van der Waals surface area contributed by atoms with Gasteiger partial charge in [0.25, 0.3) is 5.91 Å². The van der Waals surface area contributed by atoms with Crippen molar-refractivity contribution in [1.82, 2.24) is 10.6 Å². The Morgan fingerprint density at radius 2 is 1.88 bits per heavy atom. The van der Waals surface area contributed by atoms with Crippen molar-refractivity contribution in [2.24, 2.45) is 5.92 Å². The van der Waals surface area contributed by atoms with Crippen molar-refractivity contribution in [3.63, 3.8) is 0 Å². The van der Waals surface area contributed by atoms with E-state index in [2.05, 4.69) is 10.6 Å². The molecule has 8 nitrogen and oxygen atoms in total. The molecule has 1 fully saturated rings. The van der Waals surface area contributed by atoms with Gasteiger partial charge in [0, 0.05) is 11.6 Å². The minimum Gasteiger partial charge on any atom is -0.493 e. The second kappa shape index (κ2) is 8.36. The molecule has 0 heterocycles. The Labute approximate surface area is 145 Å². The average Bonchev–Trinajstić information content (AvgIpc) is 3.07. The van der Waals surface area contributed by atoms with Gasteiger partial charge in [-0.05, 0) is 31.0 Å². The summed E-state index contributed by atoms with van der Waals surface area (Å²) >= 11 is 0. The van der Waals surface area contributed by atoms with Crippen LogP contribution in [0.25, 0.3) is 0 Å². The Hall–Kier alpha value is -2.77. The fourth-order valence-corrected chi connectivity index (χ4v) is 2.93. The molecule has 25 heavy (non-hydrogen) atoms. The van der Waals surface area contributed by atoms with Gasteiger partial charge in [0.15, 0.2) is 11.5 Å². The fraction of sp³-hybridized carbons (Fsp3) is 0.471. The predicted molar refractivity (Wildman–Crippen MR) is 88.8 cm³/mol. The molecule has 0 spiro atoms. The van der Waals surface area contributed by atoms with Crippen LogP contribution >= 0.6 is 0 Å². The normalized spacial score (nSPS) is 19.1. The van der Waals surface area contributed by atoms with E-state index in [1.54, 1.807) is 12.1 Å². The summed E-state index contributed by atoms with van der Waals surface area (Å²) in [6.45, 7) is -0.226. The molecule has 1 aromatic carbocycles. The number of hydrogen-bond donors (Lipinski definition) is 3. The van der Waals surface area contributed by atoms with E-state index in [4.69, 9.17) is 14.6 Å². The number of carboxylic acids is 1. The maximum atomic E-state index is 12.1. The maximum Gasteiger partial charge on any atom is 0.308 e. The summed E-state index contributed by atoms with van der Waals surface area (Å²) in [5.41, 5.74) is 0.328. The van der Waals surface area contributed by atoms with Gasteiger partial charge < -0.3 is 25.2 Å². The van der Waals surface area contributed by atoms with E-state index in [0.29, 0.717) is 29.9 Å². The zero-order chi connectivity index (χ0) is 18.4. The van der Waals surface area contributed by atoms with E-state index in [0.717, 1.165) is 6.42 Å². The lowest BCUT2D eigenvalue weighted by atomic mass is 10.0. The highest BCUT2D eigenvalue weighted by molar-refractivity contribution is 5.97. The lowest BCUT2D eigenvalue weighted by Gasteiger charge is -2.17. The van der Waals surface area contributed by atoms with Gasteiger partial charge in [-0.2, -0.15) is 0 Å². The van der Waals surface area contributed by atoms with Crippen LogP contribution in [0, 0.1) is 5.92 Å². The maximum absolute atomic E-state index is 12.1. The summed E-state index contributed by atoms with van der Waals surface area (Å²) < 4.78 is 10.2. The number of ether oxygens (including phenoxy) is 2. The highest BCUT2D eigenvalue weighted by Crippen LogP contribution is 2.27. The van der Waals surface area contributed by atoms with Crippen molar-refractivity contribution in [1.29, 1.82) is 0 Å². The molecule has 8 heteroatoms. The first-order valence-electron chi connectivity index (χ1n) is 7.98. The molecule has 136 valence electrons. The summed E-state index contributed by atoms with van der Waals surface area (Å²) in [7, 11) is 2.96. The van der Waals surface area contributed by atoms with Crippen molar-refractivity contribution < 1.29 is 29.0 Å². The second-order valence-corrected chi connectivity index (χ2v) is 5.80. The molecule has 0 radical (unpaired) electrons. The van der Waals surface area contributed by atoms with Crippen molar-refractivity contribution in [3.8, 4) is 11.5 Å². The fourth-order valence-electron chi connectivity index (χ4n) is 2.93. The zero-order valence-corrected chi connectivity index (χ0v) is 14.2. The van der Waals surface area contributed by atoms with Crippen LogP contribution in [0.3, 0.4) is 0 Å². The molecule has 0 unspecified atom stereocenters. The number of aliphatic carboxylic acids is 1. The SMILES string of the molecule is COc1ccc(C(=O)NCC(=O)N[C@@H]2CCC[C@@H]2C(=O)O)cc1OC. The van der Waals surface area contributed by atoms with Gasteiger partial charge in [0.2, 0.25) is 5.91 Å². The quantitative estimate of drug-likeness (QED) is 0.670. The molecule has 1 aromatic rings. The molecule has 0 aliphatic heterocycles. The lowest BCUT2D eigenvalue weighted by molar-refractivity contribution is -0.142. The third-order valence-electron chi connectivity index (χ3n) is 4.23. The lowest BCUT2D eigenvalue weighted by Crippen LogP contribution is -2.44. The molecule has 2 amide bonds. The first kappa shape index (κ1) is 18.6. The number of amides is 2. The van der Waals surface area contributed by atoms with E-state index in [1.807, 2.05) is 0 Å². The summed E-state index contributed by atoms with van der Waals surface area (Å²) in [6.07, 6.45) is 1.95. The Morgan fingerprint density at radius 1 is 1.16 bits per heavy atom. The van der Waals surface area contributed by atoms with Gasteiger partial charge in [0.1, 0.15) is 0 Å². The van der Waals surface area contributed by atoms with E-state index >= 15 is 0 Å². The number of benzene rings is 1. The standard InChI is InChI=1S/C17H22N2O6/c1-24-13-7-6-10(8-14(13)25-2)16(21)18-9-15(20)19-12-5-3-4-11(12)17(22)23/h6-8,11-12H,3-5,9H2,1-2H3,(H,18,21)(H,19,20)(H,22,23)/t11-,12+/m0/s1. The van der Waals surface area contributed by atoms with E-state index in [1.165, 1.54) is 20.3 Å². The number of hydrogen-bond acceptors (Lipinski definition) is 5. The summed E-state index contributed by atoms with van der Waals surface area (Å²) in [6, 6.07) is 4.29. The summed E-state index contributed by atoms with van der Waals surface area (Å²) in [4.78, 5) is 35.2. The van der Waals surface area contributed by atoms with Crippen molar-refractivity contribution in [2.45, 2.75) is 25.3 Å². The Morgan fingerprint density at radius 3 is 2.52 bits per heavy atom. The van der Waals surface area contributed by atoms with Crippen molar-refractivity contribution >= 4 is 17.8 Å². The molecular formula is C17H22N2O6. The third-order valence-corrected chi connectivity index (χ3v) is 4.23. The van der Waals surface area contributed by atoms with Gasteiger partial charge in [-0.15, -0.1) is 0 Å². The predicted octanol–water partition coefficient (Wildman–Crippen LogP) is 0.803. The van der Waals surface area contributed by atoms with Crippen molar-refractivity contribution in [3.05, 3.63) is 23.8 Å². The molecule has 2 atom stereocenters. The summed E-state index contributed by atoms with van der Waals surface area (Å²) in [5, 5.41) is 14.3. The third kappa shape index (κ3) is 4.62. The van der Waals surface area contributed by atoms with E-state index < -0.39 is 23.7 Å². The monoisotopic (exact) mass is 350 g/mol. The Bertz CT molecular complexity index is 661. The topological polar surface area (TPSA) is 114 Å². The van der Waals surface area contributed by atoms with Crippen LogP contribution in [-0.2, 0) is 9.59 Å². The van der Waals surface area contributed by atoms with Gasteiger partial charge in [-0.25, -0.2) is 0 Å². The minimum absolute atomic E-state index is 0.226. The molecule has 2 rings (SSSR count). The van der Waals surface area contributed by atoms with Gasteiger partial charge in [-0.3, -0.25) is 14.4 Å². The number of rotatable bonds is 7. The minimum atomic E-state index is -0.905. The molecule has 1 aliphatic carbocycles. The smallest absolute Gasteiger partial charge is 0.308 e. The molecule has 1 aliphatic rings. The molecule has 0 aromatic heterocycles. The molecule has 3 N–H and O–H groups in total. The Kier molecular flexibility index (Phi) is 6.21. The van der Waals surface area contributed by atoms with Crippen LogP contribution < -0.4 is 20.1 Å². The number of carbonyl (C=O) groups excluding carboxylic acids is 2. The molecule has 0 bridgehead atoms. The van der Waals surface area contributed by atoms with Crippen molar-refractivity contribution in [2.75, 3.05) is 20.8 Å². The Balaban J connectivity index is 1.89. The highest BCUT2D eigenvalue weighted by Gasteiger charge is 2.33. The van der Waals surface area contributed by atoms with Crippen LogP contribution in [0.5, 0.6) is 11.5 Å². The van der Waals surface area contributed by atoms with Crippen LogP contribution in [0.1, 0.15) is 29.6 Å². The van der Waals surface area contributed by atoms with E-state index in [9.17, 15) is 14.4 Å². The molecule has 1 saturated carbocycles. The van der Waals surface area contributed by atoms with E-state index in [-0.39, 0.29) is 12.6 Å². The van der Waals surface area contributed by atoms with Crippen LogP contribution in [-0.4, -0.2) is 49.7 Å². The number of nitrogens with one attached hydrogen (secondary N) is 2. The zero-order valence-electron chi connectivity index (χ0n) is 14.2. The molecule has 0 saturated heterocycles. The van der Waals surface area contributed by atoms with Gasteiger partial charge >= 0.3 is 5.97 Å². The van der Waals surface area contributed by atoms with Crippen LogP contribution in [0.15, 0.2) is 18.2 Å².